The van der Waals surface area contributed by atoms with Crippen molar-refractivity contribution in [3.63, 3.8) is 0 Å². The van der Waals surface area contributed by atoms with Crippen molar-refractivity contribution in [3.05, 3.63) is 35.5 Å². The SMILES string of the molecule is Cc1cc(O)c(C(=O)N(C)C)cc1-c1ccn[nH]1. The Kier molecular flexibility index (Phi) is 3.06. The van der Waals surface area contributed by atoms with E-state index in [0.29, 0.717) is 0 Å². The molecule has 0 bridgehead atoms. The Balaban J connectivity index is 2.57. The molecule has 0 aliphatic heterocycles. The number of phenols is 1. The molecule has 2 aromatic rings. The Labute approximate surface area is 105 Å². The number of aromatic hydroxyl groups is 1. The highest BCUT2D eigenvalue weighted by molar-refractivity contribution is 5.98. The van der Waals surface area contributed by atoms with Gasteiger partial charge in [-0.25, -0.2) is 0 Å². The lowest BCUT2D eigenvalue weighted by Crippen LogP contribution is -2.21. The lowest BCUT2D eigenvalue weighted by molar-refractivity contribution is 0.0824. The molecule has 5 nitrogen and oxygen atoms in total. The fraction of sp³-hybridized carbons (Fsp3) is 0.231. The molecule has 5 heteroatoms. The van der Waals surface area contributed by atoms with Crippen LogP contribution in [-0.4, -0.2) is 40.2 Å². The second-order valence-corrected chi connectivity index (χ2v) is 4.35. The number of nitrogens with one attached hydrogen (secondary N) is 1. The monoisotopic (exact) mass is 245 g/mol. The maximum Gasteiger partial charge on any atom is 0.257 e. The molecule has 0 fully saturated rings. The van der Waals surface area contributed by atoms with Crippen LogP contribution in [0.15, 0.2) is 24.4 Å². The van der Waals surface area contributed by atoms with Crippen molar-refractivity contribution in [2.45, 2.75) is 6.92 Å². The Morgan fingerprint density at radius 3 is 2.67 bits per heavy atom. The van der Waals surface area contributed by atoms with Gasteiger partial charge < -0.3 is 10.0 Å². The van der Waals surface area contributed by atoms with Crippen molar-refractivity contribution in [2.24, 2.45) is 0 Å². The molecule has 0 spiro atoms. The lowest BCUT2D eigenvalue weighted by atomic mass is 10.0. The molecule has 1 heterocycles. The highest BCUT2D eigenvalue weighted by Gasteiger charge is 2.16. The van der Waals surface area contributed by atoms with Crippen LogP contribution in [0.1, 0.15) is 15.9 Å². The number of aryl methyl sites for hydroxylation is 1. The van der Waals surface area contributed by atoms with Crippen LogP contribution in [0.4, 0.5) is 0 Å². The highest BCUT2D eigenvalue weighted by atomic mass is 16.3. The van der Waals surface area contributed by atoms with Gasteiger partial charge in [0.2, 0.25) is 0 Å². The van der Waals surface area contributed by atoms with Gasteiger partial charge in [-0.05, 0) is 30.7 Å². The maximum atomic E-state index is 11.9. The number of aromatic nitrogens is 2. The van der Waals surface area contributed by atoms with E-state index in [1.807, 2.05) is 13.0 Å². The van der Waals surface area contributed by atoms with Crippen LogP contribution in [0.3, 0.4) is 0 Å². The molecule has 94 valence electrons. The zero-order chi connectivity index (χ0) is 13.3. The summed E-state index contributed by atoms with van der Waals surface area (Å²) in [4.78, 5) is 13.4. The first-order valence-electron chi connectivity index (χ1n) is 5.55. The molecule has 2 rings (SSSR count). The van der Waals surface area contributed by atoms with Crippen molar-refractivity contribution in [1.82, 2.24) is 15.1 Å². The van der Waals surface area contributed by atoms with Crippen molar-refractivity contribution in [3.8, 4) is 17.0 Å². The Bertz CT molecular complexity index is 574. The summed E-state index contributed by atoms with van der Waals surface area (Å²) in [5, 5.41) is 16.6. The highest BCUT2D eigenvalue weighted by Crippen LogP contribution is 2.29. The van der Waals surface area contributed by atoms with Crippen LogP contribution in [0.2, 0.25) is 0 Å². The third kappa shape index (κ3) is 2.07. The van der Waals surface area contributed by atoms with Gasteiger partial charge in [-0.15, -0.1) is 0 Å². The predicted octanol–water partition coefficient (Wildman–Crippen LogP) is 1.79. The van der Waals surface area contributed by atoms with Crippen molar-refractivity contribution >= 4 is 5.91 Å². The van der Waals surface area contributed by atoms with E-state index in [-0.39, 0.29) is 17.2 Å². The summed E-state index contributed by atoms with van der Waals surface area (Å²) in [6.07, 6.45) is 1.65. The fourth-order valence-electron chi connectivity index (χ4n) is 1.80. The summed E-state index contributed by atoms with van der Waals surface area (Å²) in [7, 11) is 3.30. The first-order valence-corrected chi connectivity index (χ1v) is 5.55. The summed E-state index contributed by atoms with van der Waals surface area (Å²) in [5.41, 5.74) is 2.85. The van der Waals surface area contributed by atoms with Crippen molar-refractivity contribution in [1.29, 1.82) is 0 Å². The van der Waals surface area contributed by atoms with E-state index < -0.39 is 0 Å². The van der Waals surface area contributed by atoms with Gasteiger partial charge in [0.25, 0.3) is 5.91 Å². The minimum Gasteiger partial charge on any atom is -0.507 e. The molecule has 1 aromatic heterocycles. The zero-order valence-corrected chi connectivity index (χ0v) is 10.6. The van der Waals surface area contributed by atoms with Crippen molar-refractivity contribution in [2.75, 3.05) is 14.1 Å². The summed E-state index contributed by atoms with van der Waals surface area (Å²) in [5.74, 6) is -0.234. The number of benzene rings is 1. The predicted molar refractivity (Wildman–Crippen MR) is 68.4 cm³/mol. The number of rotatable bonds is 2. The van der Waals surface area contributed by atoms with Gasteiger partial charge in [0.1, 0.15) is 5.75 Å². The van der Waals surface area contributed by atoms with E-state index in [1.54, 1.807) is 32.4 Å². The molecule has 2 N–H and O–H groups in total. The number of carbonyl (C=O) groups is 1. The van der Waals surface area contributed by atoms with E-state index in [4.69, 9.17) is 0 Å². The largest absolute Gasteiger partial charge is 0.507 e. The minimum atomic E-state index is -0.228. The Hall–Kier alpha value is -2.30. The molecule has 0 aliphatic carbocycles. The van der Waals surface area contributed by atoms with E-state index in [2.05, 4.69) is 10.2 Å². The lowest BCUT2D eigenvalue weighted by Gasteiger charge is -2.14. The normalized spacial score (nSPS) is 10.4. The second-order valence-electron chi connectivity index (χ2n) is 4.35. The van der Waals surface area contributed by atoms with Gasteiger partial charge >= 0.3 is 0 Å². The quantitative estimate of drug-likeness (QED) is 0.847. The molecule has 0 aliphatic rings. The van der Waals surface area contributed by atoms with Gasteiger partial charge in [0.05, 0.1) is 11.3 Å². The number of hydrogen-bond donors (Lipinski definition) is 2. The number of hydrogen-bond acceptors (Lipinski definition) is 3. The van der Waals surface area contributed by atoms with Gasteiger partial charge in [-0.1, -0.05) is 0 Å². The van der Waals surface area contributed by atoms with Crippen molar-refractivity contribution < 1.29 is 9.90 Å². The molecule has 18 heavy (non-hydrogen) atoms. The number of amides is 1. The first kappa shape index (κ1) is 12.2. The smallest absolute Gasteiger partial charge is 0.257 e. The van der Waals surface area contributed by atoms with Crippen LogP contribution in [-0.2, 0) is 0 Å². The van der Waals surface area contributed by atoms with E-state index >= 15 is 0 Å². The Morgan fingerprint density at radius 2 is 2.11 bits per heavy atom. The average Bonchev–Trinajstić information content (AvgIpc) is 2.81. The number of aromatic amines is 1. The van der Waals surface area contributed by atoms with E-state index in [9.17, 15) is 9.90 Å². The minimum absolute atomic E-state index is 0.00512. The van der Waals surface area contributed by atoms with Crippen LogP contribution in [0, 0.1) is 6.92 Å². The molecule has 0 saturated heterocycles. The standard InChI is InChI=1S/C13H15N3O2/c1-8-6-12(17)10(13(18)16(2)3)7-9(8)11-4-5-14-15-11/h4-7,17H,1-3H3,(H,14,15). The van der Waals surface area contributed by atoms with Crippen LogP contribution < -0.4 is 0 Å². The topological polar surface area (TPSA) is 69.2 Å². The summed E-state index contributed by atoms with van der Waals surface area (Å²) in [6, 6.07) is 5.09. The molecule has 1 aromatic carbocycles. The van der Waals surface area contributed by atoms with Crippen LogP contribution >= 0.6 is 0 Å². The fourth-order valence-corrected chi connectivity index (χ4v) is 1.80. The van der Waals surface area contributed by atoms with Gasteiger partial charge in [0, 0.05) is 25.9 Å². The Morgan fingerprint density at radius 1 is 1.39 bits per heavy atom. The third-order valence-electron chi connectivity index (χ3n) is 2.77. The van der Waals surface area contributed by atoms with E-state index in [1.165, 1.54) is 4.90 Å². The van der Waals surface area contributed by atoms with Crippen LogP contribution in [0.25, 0.3) is 11.3 Å². The molecule has 0 radical (unpaired) electrons. The number of nitrogens with zero attached hydrogens (tertiary/aromatic N) is 2. The maximum absolute atomic E-state index is 11.9. The zero-order valence-electron chi connectivity index (χ0n) is 10.6. The van der Waals surface area contributed by atoms with Crippen LogP contribution in [0.5, 0.6) is 5.75 Å². The van der Waals surface area contributed by atoms with Gasteiger partial charge in [-0.3, -0.25) is 9.89 Å². The van der Waals surface area contributed by atoms with Gasteiger partial charge in [0.15, 0.2) is 0 Å². The van der Waals surface area contributed by atoms with Gasteiger partial charge in [-0.2, -0.15) is 5.10 Å². The summed E-state index contributed by atoms with van der Waals surface area (Å²) < 4.78 is 0. The average molecular weight is 245 g/mol. The number of phenolic OH excluding ortho intramolecular Hbond substituents is 1. The molecule has 0 atom stereocenters. The molecular formula is C13H15N3O2. The number of H-pyrrole nitrogens is 1. The molecule has 0 saturated carbocycles. The third-order valence-corrected chi connectivity index (χ3v) is 2.77. The molecule has 0 unspecified atom stereocenters. The van der Waals surface area contributed by atoms with E-state index in [0.717, 1.165) is 16.8 Å². The molecule has 1 amide bonds. The second kappa shape index (κ2) is 4.52. The number of carbonyl (C=O) groups excluding carboxylic acids is 1. The molecular weight excluding hydrogens is 230 g/mol. The summed E-state index contributed by atoms with van der Waals surface area (Å²) >= 11 is 0. The first-order chi connectivity index (χ1) is 8.50. The summed E-state index contributed by atoms with van der Waals surface area (Å²) in [6.45, 7) is 1.87.